The number of carbonyl (C=O) groups excluding carboxylic acids is 1. The Kier molecular flexibility index (Phi) is 5.39. The molecule has 0 saturated carbocycles. The van der Waals surface area contributed by atoms with Crippen molar-refractivity contribution in [2.75, 3.05) is 19.7 Å². The monoisotopic (exact) mass is 331 g/mol. The van der Waals surface area contributed by atoms with Gasteiger partial charge in [0.2, 0.25) is 0 Å². The highest BCUT2D eigenvalue weighted by molar-refractivity contribution is 5.93. The van der Waals surface area contributed by atoms with Gasteiger partial charge in [-0.2, -0.15) is 0 Å². The number of aryl methyl sites for hydroxylation is 1. The summed E-state index contributed by atoms with van der Waals surface area (Å²) >= 11 is 0. The van der Waals surface area contributed by atoms with Gasteiger partial charge in [0.15, 0.2) is 0 Å². The molecule has 0 saturated heterocycles. The van der Waals surface area contributed by atoms with Crippen LogP contribution in [-0.4, -0.2) is 45.0 Å². The summed E-state index contributed by atoms with van der Waals surface area (Å²) in [5.74, 6) is -0.342. The van der Waals surface area contributed by atoms with E-state index in [2.05, 4.69) is 4.98 Å². The predicted molar refractivity (Wildman–Crippen MR) is 93.3 cm³/mol. The highest BCUT2D eigenvalue weighted by atomic mass is 16.3. The van der Waals surface area contributed by atoms with E-state index in [1.165, 1.54) is 10.6 Å². The largest absolute Gasteiger partial charge is 0.396 e. The fourth-order valence-corrected chi connectivity index (χ4v) is 2.58. The fraction of sp³-hybridized carbons (Fsp3) is 0.500. The molecule has 24 heavy (non-hydrogen) atoms. The molecule has 0 radical (unpaired) electrons. The van der Waals surface area contributed by atoms with Crippen LogP contribution in [0.15, 0.2) is 29.3 Å². The maximum absolute atomic E-state index is 12.9. The van der Waals surface area contributed by atoms with Crippen LogP contribution in [0.4, 0.5) is 0 Å². The van der Waals surface area contributed by atoms with Gasteiger partial charge in [-0.15, -0.1) is 0 Å². The fourth-order valence-electron chi connectivity index (χ4n) is 2.58. The van der Waals surface area contributed by atoms with E-state index in [0.29, 0.717) is 25.2 Å². The van der Waals surface area contributed by atoms with Gasteiger partial charge in [-0.05, 0) is 36.5 Å². The van der Waals surface area contributed by atoms with Gasteiger partial charge in [-0.3, -0.25) is 14.0 Å². The molecule has 130 valence electrons. The summed E-state index contributed by atoms with van der Waals surface area (Å²) in [5, 5.41) is 9.07. The van der Waals surface area contributed by atoms with E-state index in [0.717, 1.165) is 5.56 Å². The first kappa shape index (κ1) is 18.1. The molecule has 6 nitrogen and oxygen atoms in total. The van der Waals surface area contributed by atoms with Gasteiger partial charge in [-0.25, -0.2) is 4.98 Å². The second kappa shape index (κ2) is 7.13. The van der Waals surface area contributed by atoms with Crippen molar-refractivity contribution in [3.8, 4) is 0 Å². The number of nitrogens with zero attached hydrogens (tertiary/aromatic N) is 3. The molecule has 0 spiro atoms. The van der Waals surface area contributed by atoms with Gasteiger partial charge >= 0.3 is 0 Å². The van der Waals surface area contributed by atoms with Crippen LogP contribution < -0.4 is 5.56 Å². The number of aromatic nitrogens is 2. The van der Waals surface area contributed by atoms with Crippen LogP contribution in [0.5, 0.6) is 0 Å². The Labute approximate surface area is 141 Å². The summed E-state index contributed by atoms with van der Waals surface area (Å²) in [5.41, 5.74) is 1.10. The molecule has 2 aromatic rings. The first-order valence-corrected chi connectivity index (χ1v) is 8.11. The predicted octanol–water partition coefficient (Wildman–Crippen LogP) is 1.87. The Bertz CT molecular complexity index is 790. The molecule has 1 N–H and O–H groups in total. The van der Waals surface area contributed by atoms with E-state index in [-0.39, 0.29) is 29.1 Å². The molecule has 0 atom stereocenters. The van der Waals surface area contributed by atoms with E-state index < -0.39 is 0 Å². The van der Waals surface area contributed by atoms with E-state index in [1.54, 1.807) is 17.2 Å². The lowest BCUT2D eigenvalue weighted by Crippen LogP contribution is -2.41. The van der Waals surface area contributed by atoms with Crippen LogP contribution in [0.2, 0.25) is 0 Å². The molecule has 0 unspecified atom stereocenters. The number of amides is 1. The molecule has 1 amide bonds. The van der Waals surface area contributed by atoms with Crippen LogP contribution >= 0.6 is 0 Å². The van der Waals surface area contributed by atoms with E-state index in [4.69, 9.17) is 5.11 Å². The molecule has 0 aliphatic heterocycles. The molecule has 0 bridgehead atoms. The molecular weight excluding hydrogens is 306 g/mol. The molecular formula is C18H25N3O3. The lowest BCUT2D eigenvalue weighted by molar-refractivity contribution is 0.0680. The number of aliphatic hydroxyl groups excluding tert-OH is 1. The van der Waals surface area contributed by atoms with Crippen LogP contribution in [-0.2, 0) is 0 Å². The van der Waals surface area contributed by atoms with Crippen molar-refractivity contribution < 1.29 is 9.90 Å². The minimum atomic E-state index is -0.368. The second-order valence-corrected chi connectivity index (χ2v) is 7.27. The van der Waals surface area contributed by atoms with Crippen LogP contribution in [0.3, 0.4) is 0 Å². The summed E-state index contributed by atoms with van der Waals surface area (Å²) in [4.78, 5) is 31.4. The smallest absolute Gasteiger partial charge is 0.270 e. The second-order valence-electron chi connectivity index (χ2n) is 7.27. The van der Waals surface area contributed by atoms with Crippen molar-refractivity contribution in [1.82, 2.24) is 14.3 Å². The lowest BCUT2D eigenvalue weighted by Gasteiger charge is -2.29. The minimum absolute atomic E-state index is 0.00214. The maximum Gasteiger partial charge on any atom is 0.270 e. The van der Waals surface area contributed by atoms with Crippen LogP contribution in [0, 0.1) is 12.3 Å². The first-order chi connectivity index (χ1) is 11.2. The number of carbonyl (C=O) groups is 1. The molecule has 0 aromatic carbocycles. The Balaban J connectivity index is 2.42. The van der Waals surface area contributed by atoms with Gasteiger partial charge in [0.25, 0.3) is 11.5 Å². The van der Waals surface area contributed by atoms with Crippen molar-refractivity contribution in [2.24, 2.45) is 5.41 Å². The van der Waals surface area contributed by atoms with Gasteiger partial charge < -0.3 is 10.0 Å². The first-order valence-electron chi connectivity index (χ1n) is 8.11. The third-order valence-corrected chi connectivity index (χ3v) is 3.63. The number of hydrogen-bond donors (Lipinski definition) is 1. The van der Waals surface area contributed by atoms with Gasteiger partial charge in [0, 0.05) is 32.1 Å². The van der Waals surface area contributed by atoms with E-state index >= 15 is 0 Å². The quantitative estimate of drug-likeness (QED) is 0.907. The lowest BCUT2D eigenvalue weighted by atomic mass is 9.95. The molecule has 2 aromatic heterocycles. The highest BCUT2D eigenvalue weighted by Crippen LogP contribution is 2.17. The molecule has 0 aliphatic rings. The number of hydrogen-bond acceptors (Lipinski definition) is 4. The summed E-state index contributed by atoms with van der Waals surface area (Å²) in [6, 6.07) is 3.61. The maximum atomic E-state index is 12.9. The molecule has 0 aliphatic carbocycles. The highest BCUT2D eigenvalue weighted by Gasteiger charge is 2.24. The minimum Gasteiger partial charge on any atom is -0.396 e. The standard InChI is InChI=1S/C18H25N3O3/c1-13-6-8-21-15(10-13)19-11-14(17(21)24)16(23)20(7-5-9-22)12-18(2,3)4/h6,8,10-11,22H,5,7,9,12H2,1-4H3. The number of pyridine rings is 1. The van der Waals surface area contributed by atoms with Crippen molar-refractivity contribution in [2.45, 2.75) is 34.1 Å². The SMILES string of the molecule is Cc1ccn2c(=O)c(C(=O)N(CCCO)CC(C)(C)C)cnc2c1. The summed E-state index contributed by atoms with van der Waals surface area (Å²) in [7, 11) is 0. The zero-order chi connectivity index (χ0) is 17.9. The van der Waals surface area contributed by atoms with Gasteiger partial charge in [0.05, 0.1) is 0 Å². The Hall–Kier alpha value is -2.21. The zero-order valence-electron chi connectivity index (χ0n) is 14.7. The van der Waals surface area contributed by atoms with E-state index in [9.17, 15) is 9.59 Å². The normalized spacial score (nSPS) is 11.7. The van der Waals surface area contributed by atoms with Crippen molar-refractivity contribution in [1.29, 1.82) is 0 Å². The molecule has 0 fully saturated rings. The third kappa shape index (κ3) is 4.20. The summed E-state index contributed by atoms with van der Waals surface area (Å²) < 4.78 is 1.39. The number of fused-ring (bicyclic) bond motifs is 1. The Morgan fingerprint density at radius 3 is 2.71 bits per heavy atom. The van der Waals surface area contributed by atoms with Crippen molar-refractivity contribution in [3.63, 3.8) is 0 Å². The molecule has 2 heterocycles. The van der Waals surface area contributed by atoms with Crippen LogP contribution in [0.25, 0.3) is 5.65 Å². The molecule has 6 heteroatoms. The Morgan fingerprint density at radius 1 is 1.38 bits per heavy atom. The average Bonchev–Trinajstić information content (AvgIpc) is 2.50. The van der Waals surface area contributed by atoms with Crippen LogP contribution in [0.1, 0.15) is 43.1 Å². The Morgan fingerprint density at radius 2 is 2.08 bits per heavy atom. The van der Waals surface area contributed by atoms with E-state index in [1.807, 2.05) is 33.8 Å². The van der Waals surface area contributed by atoms with Crippen molar-refractivity contribution in [3.05, 3.63) is 46.0 Å². The summed E-state index contributed by atoms with van der Waals surface area (Å²) in [6.45, 7) is 8.92. The third-order valence-electron chi connectivity index (χ3n) is 3.63. The molecule has 2 rings (SSSR count). The van der Waals surface area contributed by atoms with Gasteiger partial charge in [-0.1, -0.05) is 20.8 Å². The topological polar surface area (TPSA) is 74.9 Å². The van der Waals surface area contributed by atoms with Gasteiger partial charge in [0.1, 0.15) is 11.2 Å². The summed E-state index contributed by atoms with van der Waals surface area (Å²) in [6.07, 6.45) is 3.47. The zero-order valence-corrected chi connectivity index (χ0v) is 14.7. The number of rotatable bonds is 5. The average molecular weight is 331 g/mol. The van der Waals surface area contributed by atoms with Crippen molar-refractivity contribution >= 4 is 11.6 Å². The number of aliphatic hydroxyl groups is 1.